The van der Waals surface area contributed by atoms with Crippen LogP contribution in [0.25, 0.3) is 0 Å². The largest absolute Gasteiger partial charge is 0.384 e. The second-order valence-corrected chi connectivity index (χ2v) is 6.04. The summed E-state index contributed by atoms with van der Waals surface area (Å²) in [6.07, 6.45) is 6.97. The zero-order valence-electron chi connectivity index (χ0n) is 11.7. The first kappa shape index (κ1) is 12.7. The van der Waals surface area contributed by atoms with Gasteiger partial charge in [0.05, 0.1) is 0 Å². The van der Waals surface area contributed by atoms with Gasteiger partial charge in [0.2, 0.25) is 0 Å². The molecular weight excluding hydrogens is 234 g/mol. The van der Waals surface area contributed by atoms with Crippen LogP contribution < -0.4 is 5.32 Å². The molecule has 1 N–H and O–H groups in total. The van der Waals surface area contributed by atoms with Gasteiger partial charge in [-0.15, -0.1) is 0 Å². The van der Waals surface area contributed by atoms with Crippen molar-refractivity contribution in [3.8, 4) is 0 Å². The number of carbonyl (C=O) groups excluding carboxylic acids is 1. The second kappa shape index (κ2) is 5.36. The molecule has 2 aliphatic rings. The van der Waals surface area contributed by atoms with Crippen molar-refractivity contribution in [3.63, 3.8) is 0 Å². The highest BCUT2D eigenvalue weighted by molar-refractivity contribution is 5.98. The van der Waals surface area contributed by atoms with Gasteiger partial charge in [0, 0.05) is 23.7 Å². The average molecular weight is 257 g/mol. The Morgan fingerprint density at radius 3 is 2.79 bits per heavy atom. The monoisotopic (exact) mass is 257 g/mol. The molecular formula is C17H23NO. The van der Waals surface area contributed by atoms with E-state index >= 15 is 0 Å². The fourth-order valence-electron chi connectivity index (χ4n) is 3.53. The molecule has 3 rings (SSSR count). The maximum Gasteiger partial charge on any atom is 0.165 e. The van der Waals surface area contributed by atoms with Crippen LogP contribution in [-0.4, -0.2) is 12.3 Å². The Bertz CT molecular complexity index is 472. The van der Waals surface area contributed by atoms with Gasteiger partial charge in [0.15, 0.2) is 5.78 Å². The molecule has 1 aromatic rings. The van der Waals surface area contributed by atoms with E-state index in [2.05, 4.69) is 24.4 Å². The highest BCUT2D eigenvalue weighted by Gasteiger charge is 2.26. The number of hydrogen-bond donors (Lipinski definition) is 1. The molecule has 1 aromatic carbocycles. The molecule has 0 unspecified atom stereocenters. The molecule has 1 aliphatic heterocycles. The Labute approximate surface area is 115 Å². The molecule has 0 aromatic heterocycles. The van der Waals surface area contributed by atoms with Crippen LogP contribution in [0.1, 0.15) is 54.9 Å². The van der Waals surface area contributed by atoms with Gasteiger partial charge >= 0.3 is 0 Å². The SMILES string of the molecule is CCC1CCC(C(=O)c2ccc3c(c2)CCN3)CC1. The van der Waals surface area contributed by atoms with Crippen molar-refractivity contribution in [1.29, 1.82) is 0 Å². The number of ketones is 1. The Hall–Kier alpha value is -1.31. The van der Waals surface area contributed by atoms with E-state index in [1.807, 2.05) is 6.07 Å². The summed E-state index contributed by atoms with van der Waals surface area (Å²) in [6, 6.07) is 6.20. The minimum Gasteiger partial charge on any atom is -0.384 e. The van der Waals surface area contributed by atoms with Crippen molar-refractivity contribution in [1.82, 2.24) is 0 Å². The fraction of sp³-hybridized carbons (Fsp3) is 0.588. The minimum atomic E-state index is 0.273. The third-order valence-electron chi connectivity index (χ3n) is 4.89. The van der Waals surface area contributed by atoms with Crippen molar-refractivity contribution < 1.29 is 4.79 Å². The summed E-state index contributed by atoms with van der Waals surface area (Å²) in [7, 11) is 0. The number of benzene rings is 1. The van der Waals surface area contributed by atoms with Gasteiger partial charge in [-0.1, -0.05) is 13.3 Å². The zero-order chi connectivity index (χ0) is 13.2. The van der Waals surface area contributed by atoms with Gasteiger partial charge < -0.3 is 5.32 Å². The third kappa shape index (κ3) is 2.54. The molecule has 0 amide bonds. The summed E-state index contributed by atoms with van der Waals surface area (Å²) >= 11 is 0. The van der Waals surface area contributed by atoms with Crippen LogP contribution in [0.15, 0.2) is 18.2 Å². The van der Waals surface area contributed by atoms with E-state index in [9.17, 15) is 4.79 Å². The van der Waals surface area contributed by atoms with Crippen molar-refractivity contribution in [2.24, 2.45) is 11.8 Å². The lowest BCUT2D eigenvalue weighted by atomic mass is 9.77. The second-order valence-electron chi connectivity index (χ2n) is 6.04. The number of Topliss-reactive ketones (excluding diaryl/α,β-unsaturated/α-hetero) is 1. The van der Waals surface area contributed by atoms with E-state index in [-0.39, 0.29) is 5.92 Å². The van der Waals surface area contributed by atoms with Gasteiger partial charge in [-0.05, 0) is 61.8 Å². The third-order valence-corrected chi connectivity index (χ3v) is 4.89. The molecule has 0 atom stereocenters. The van der Waals surface area contributed by atoms with Gasteiger partial charge in [0.25, 0.3) is 0 Å². The van der Waals surface area contributed by atoms with Crippen molar-refractivity contribution >= 4 is 11.5 Å². The number of carbonyl (C=O) groups is 1. The van der Waals surface area contributed by atoms with Crippen LogP contribution in [0.4, 0.5) is 5.69 Å². The first-order valence-electron chi connectivity index (χ1n) is 7.69. The van der Waals surface area contributed by atoms with E-state index in [0.717, 1.165) is 37.3 Å². The van der Waals surface area contributed by atoms with E-state index in [0.29, 0.717) is 5.78 Å². The van der Waals surface area contributed by atoms with Gasteiger partial charge in [0.1, 0.15) is 0 Å². The molecule has 2 heteroatoms. The Morgan fingerprint density at radius 2 is 2.05 bits per heavy atom. The topological polar surface area (TPSA) is 29.1 Å². The number of fused-ring (bicyclic) bond motifs is 1. The lowest BCUT2D eigenvalue weighted by Gasteiger charge is -2.26. The number of rotatable bonds is 3. The molecule has 1 fully saturated rings. The molecule has 102 valence electrons. The molecule has 0 spiro atoms. The molecule has 0 bridgehead atoms. The average Bonchev–Trinajstić information content (AvgIpc) is 2.94. The Morgan fingerprint density at radius 1 is 1.26 bits per heavy atom. The first-order chi connectivity index (χ1) is 9.28. The highest BCUT2D eigenvalue weighted by atomic mass is 16.1. The molecule has 2 nitrogen and oxygen atoms in total. The van der Waals surface area contributed by atoms with Gasteiger partial charge in [-0.2, -0.15) is 0 Å². The van der Waals surface area contributed by atoms with Crippen LogP contribution in [0.5, 0.6) is 0 Å². The van der Waals surface area contributed by atoms with Crippen LogP contribution in [0.3, 0.4) is 0 Å². The smallest absolute Gasteiger partial charge is 0.165 e. The highest BCUT2D eigenvalue weighted by Crippen LogP contribution is 2.33. The standard InChI is InChI=1S/C17H23NO/c1-2-12-3-5-13(6-4-12)17(19)15-7-8-16-14(11-15)9-10-18-16/h7-8,11-13,18H,2-6,9-10H2,1H3. The quantitative estimate of drug-likeness (QED) is 0.828. The summed E-state index contributed by atoms with van der Waals surface area (Å²) in [6.45, 7) is 3.27. The van der Waals surface area contributed by atoms with Gasteiger partial charge in [-0.25, -0.2) is 0 Å². The maximum atomic E-state index is 12.6. The van der Waals surface area contributed by atoms with Crippen LogP contribution in [0, 0.1) is 11.8 Å². The summed E-state index contributed by atoms with van der Waals surface area (Å²) < 4.78 is 0. The predicted molar refractivity (Wildman–Crippen MR) is 78.7 cm³/mol. The zero-order valence-corrected chi connectivity index (χ0v) is 11.7. The molecule has 1 saturated carbocycles. The van der Waals surface area contributed by atoms with E-state index in [1.165, 1.54) is 30.5 Å². The summed E-state index contributed by atoms with van der Waals surface area (Å²) in [5, 5.41) is 3.35. The molecule has 0 radical (unpaired) electrons. The number of nitrogens with one attached hydrogen (secondary N) is 1. The summed E-state index contributed by atoms with van der Waals surface area (Å²) in [4.78, 5) is 12.6. The molecule has 1 aliphatic carbocycles. The fourth-order valence-corrected chi connectivity index (χ4v) is 3.53. The van der Waals surface area contributed by atoms with E-state index < -0.39 is 0 Å². The van der Waals surface area contributed by atoms with Crippen LogP contribution in [-0.2, 0) is 6.42 Å². The van der Waals surface area contributed by atoms with Crippen molar-refractivity contribution in [3.05, 3.63) is 29.3 Å². The van der Waals surface area contributed by atoms with Crippen molar-refractivity contribution in [2.75, 3.05) is 11.9 Å². The van der Waals surface area contributed by atoms with Crippen LogP contribution in [0.2, 0.25) is 0 Å². The summed E-state index contributed by atoms with van der Waals surface area (Å²) in [5.41, 5.74) is 3.46. The Kier molecular flexibility index (Phi) is 3.58. The normalized spacial score (nSPS) is 25.7. The number of anilines is 1. The summed E-state index contributed by atoms with van der Waals surface area (Å²) in [5.74, 6) is 1.51. The number of hydrogen-bond acceptors (Lipinski definition) is 2. The molecule has 0 saturated heterocycles. The van der Waals surface area contributed by atoms with Crippen molar-refractivity contribution in [2.45, 2.75) is 45.4 Å². The van der Waals surface area contributed by atoms with Gasteiger partial charge in [-0.3, -0.25) is 4.79 Å². The molecule has 1 heterocycles. The lowest BCUT2D eigenvalue weighted by Crippen LogP contribution is -2.21. The maximum absolute atomic E-state index is 12.6. The molecule has 19 heavy (non-hydrogen) atoms. The Balaban J connectivity index is 1.70. The van der Waals surface area contributed by atoms with E-state index in [4.69, 9.17) is 0 Å². The van der Waals surface area contributed by atoms with E-state index in [1.54, 1.807) is 0 Å². The van der Waals surface area contributed by atoms with Crippen LogP contribution >= 0.6 is 0 Å². The lowest BCUT2D eigenvalue weighted by molar-refractivity contribution is 0.0871. The predicted octanol–water partition coefficient (Wildman–Crippen LogP) is 4.05. The first-order valence-corrected chi connectivity index (χ1v) is 7.69. The minimum absolute atomic E-state index is 0.273.